The summed E-state index contributed by atoms with van der Waals surface area (Å²) in [4.78, 5) is 16.7. The molecule has 4 rings (SSSR count). The summed E-state index contributed by atoms with van der Waals surface area (Å²) in [5, 5.41) is 6.35. The fraction of sp³-hybridized carbons (Fsp3) is 0.100. The molecule has 3 aromatic rings. The van der Waals surface area contributed by atoms with Crippen LogP contribution in [-0.2, 0) is 6.61 Å². The van der Waals surface area contributed by atoms with Crippen LogP contribution in [0.1, 0.15) is 27.8 Å². The van der Waals surface area contributed by atoms with E-state index in [0.717, 1.165) is 21.4 Å². The Morgan fingerprint density at radius 3 is 2.73 bits per heavy atom. The van der Waals surface area contributed by atoms with E-state index in [9.17, 15) is 4.79 Å². The first kappa shape index (κ1) is 16.6. The number of nitrogens with one attached hydrogen (secondary N) is 2. The number of carbonyl (C=O) groups excluding carboxylic acids is 1. The molecule has 0 fully saturated rings. The molecule has 5 nitrogen and oxygen atoms in total. The van der Waals surface area contributed by atoms with E-state index in [-0.39, 0.29) is 12.1 Å². The number of halogens is 1. The fourth-order valence-corrected chi connectivity index (χ4v) is 3.25. The minimum atomic E-state index is -0.381. The number of fused-ring (bicyclic) bond motifs is 1. The van der Waals surface area contributed by atoms with Gasteiger partial charge >= 0.3 is 0 Å². The Morgan fingerprint density at radius 1 is 1.04 bits per heavy atom. The van der Waals surface area contributed by atoms with Gasteiger partial charge in [0.15, 0.2) is 0 Å². The monoisotopic (exact) mass is 409 g/mol. The Morgan fingerprint density at radius 2 is 1.88 bits per heavy atom. The topological polar surface area (TPSA) is 63.2 Å². The lowest BCUT2D eigenvalue weighted by Gasteiger charge is -2.29. The normalized spacial score (nSPS) is 15.6. The Kier molecular flexibility index (Phi) is 4.58. The molecule has 0 saturated heterocycles. The van der Waals surface area contributed by atoms with E-state index in [1.54, 1.807) is 12.3 Å². The van der Waals surface area contributed by atoms with Crippen molar-refractivity contribution in [2.24, 2.45) is 0 Å². The van der Waals surface area contributed by atoms with Crippen LogP contribution >= 0.6 is 15.9 Å². The number of hydrogen-bond acceptors (Lipinski definition) is 4. The van der Waals surface area contributed by atoms with Gasteiger partial charge in [0.2, 0.25) is 0 Å². The van der Waals surface area contributed by atoms with Gasteiger partial charge in [-0.2, -0.15) is 0 Å². The van der Waals surface area contributed by atoms with Crippen molar-refractivity contribution in [2.75, 3.05) is 5.32 Å². The number of benzene rings is 2. The summed E-state index contributed by atoms with van der Waals surface area (Å²) in [5.74, 6) is 0.580. The number of hydrogen-bond donors (Lipinski definition) is 2. The lowest BCUT2D eigenvalue weighted by atomic mass is 10.1. The zero-order chi connectivity index (χ0) is 17.9. The largest absolute Gasteiger partial charge is 0.487 e. The van der Waals surface area contributed by atoms with E-state index >= 15 is 0 Å². The Labute approximate surface area is 159 Å². The number of nitrogens with zero attached hydrogens (tertiary/aromatic N) is 1. The first-order valence-corrected chi connectivity index (χ1v) is 8.98. The van der Waals surface area contributed by atoms with Crippen LogP contribution < -0.4 is 15.4 Å². The third-order valence-corrected chi connectivity index (χ3v) is 4.62. The molecule has 130 valence electrons. The standard InChI is InChI=1S/C20H16BrN3O2/c21-13-8-9-18(26-12-14-5-3-4-10-22-14)16(11-13)19-23-17-7-2-1-6-15(17)20(25)24-19/h1-11,19,23H,12H2,(H,24,25). The van der Waals surface area contributed by atoms with Gasteiger partial charge in [0.1, 0.15) is 18.5 Å². The Balaban J connectivity index is 1.62. The average Bonchev–Trinajstić information content (AvgIpc) is 2.68. The molecule has 0 bridgehead atoms. The fourth-order valence-electron chi connectivity index (χ4n) is 2.87. The molecule has 2 aromatic carbocycles. The van der Waals surface area contributed by atoms with Crippen molar-refractivity contribution in [3.8, 4) is 5.75 Å². The first-order chi connectivity index (χ1) is 12.7. The summed E-state index contributed by atoms with van der Waals surface area (Å²) in [7, 11) is 0. The van der Waals surface area contributed by atoms with E-state index in [4.69, 9.17) is 4.74 Å². The second-order valence-electron chi connectivity index (χ2n) is 5.89. The van der Waals surface area contributed by atoms with E-state index in [1.807, 2.05) is 54.6 Å². The Bertz CT molecular complexity index is 947. The molecule has 0 saturated carbocycles. The summed E-state index contributed by atoms with van der Waals surface area (Å²) in [6.45, 7) is 0.354. The minimum Gasteiger partial charge on any atom is -0.487 e. The third kappa shape index (κ3) is 3.41. The highest BCUT2D eigenvalue weighted by Gasteiger charge is 2.26. The number of ether oxygens (including phenoxy) is 1. The lowest BCUT2D eigenvalue weighted by Crippen LogP contribution is -2.38. The molecule has 1 aliphatic heterocycles. The molecule has 1 amide bonds. The zero-order valence-corrected chi connectivity index (χ0v) is 15.4. The van der Waals surface area contributed by atoms with E-state index in [2.05, 4.69) is 31.5 Å². The number of pyridine rings is 1. The molecule has 1 atom stereocenters. The molecule has 1 unspecified atom stereocenters. The molecule has 2 heterocycles. The van der Waals surface area contributed by atoms with Crippen LogP contribution in [0.15, 0.2) is 71.3 Å². The number of carbonyl (C=O) groups is 1. The van der Waals surface area contributed by atoms with Gasteiger partial charge in [-0.25, -0.2) is 0 Å². The van der Waals surface area contributed by atoms with Gasteiger partial charge in [0, 0.05) is 21.9 Å². The minimum absolute atomic E-state index is 0.111. The Hall–Kier alpha value is -2.86. The molecule has 0 spiro atoms. The van der Waals surface area contributed by atoms with Crippen LogP contribution in [0.5, 0.6) is 5.75 Å². The van der Waals surface area contributed by atoms with Crippen molar-refractivity contribution in [2.45, 2.75) is 12.8 Å². The van der Waals surface area contributed by atoms with Gasteiger partial charge in [-0.1, -0.05) is 34.1 Å². The van der Waals surface area contributed by atoms with Crippen molar-refractivity contribution in [1.82, 2.24) is 10.3 Å². The predicted octanol–water partition coefficient (Wildman–Crippen LogP) is 4.28. The van der Waals surface area contributed by atoms with Gasteiger partial charge in [0.05, 0.1) is 11.3 Å². The van der Waals surface area contributed by atoms with Gasteiger partial charge in [-0.3, -0.25) is 9.78 Å². The maximum Gasteiger partial charge on any atom is 0.255 e. The molecular formula is C20H16BrN3O2. The number of anilines is 1. The molecule has 2 N–H and O–H groups in total. The predicted molar refractivity (Wildman–Crippen MR) is 103 cm³/mol. The van der Waals surface area contributed by atoms with Crippen LogP contribution in [-0.4, -0.2) is 10.9 Å². The SMILES string of the molecule is O=C1NC(c2cc(Br)ccc2OCc2ccccn2)Nc2ccccc21. The van der Waals surface area contributed by atoms with E-state index < -0.39 is 0 Å². The summed E-state index contributed by atoms with van der Waals surface area (Å²) in [6.07, 6.45) is 1.36. The van der Waals surface area contributed by atoms with Crippen molar-refractivity contribution in [3.05, 3.63) is 88.2 Å². The smallest absolute Gasteiger partial charge is 0.255 e. The van der Waals surface area contributed by atoms with Gasteiger partial charge in [0.25, 0.3) is 5.91 Å². The maximum absolute atomic E-state index is 12.4. The quantitative estimate of drug-likeness (QED) is 0.674. The summed E-state index contributed by atoms with van der Waals surface area (Å²) >= 11 is 3.50. The molecule has 0 radical (unpaired) electrons. The number of aromatic nitrogens is 1. The summed E-state index contributed by atoms with van der Waals surface area (Å²) in [6, 6.07) is 18.9. The van der Waals surface area contributed by atoms with Gasteiger partial charge in [-0.15, -0.1) is 0 Å². The van der Waals surface area contributed by atoms with E-state index in [0.29, 0.717) is 17.9 Å². The number of rotatable bonds is 4. The average molecular weight is 410 g/mol. The second kappa shape index (κ2) is 7.17. The number of amides is 1. The first-order valence-electron chi connectivity index (χ1n) is 8.19. The van der Waals surface area contributed by atoms with Crippen LogP contribution in [0.4, 0.5) is 5.69 Å². The summed E-state index contributed by atoms with van der Waals surface area (Å²) in [5.41, 5.74) is 3.12. The number of para-hydroxylation sites is 1. The molecule has 26 heavy (non-hydrogen) atoms. The van der Waals surface area contributed by atoms with Gasteiger partial charge < -0.3 is 15.4 Å². The molecule has 0 aliphatic carbocycles. The lowest BCUT2D eigenvalue weighted by molar-refractivity contribution is 0.0935. The van der Waals surface area contributed by atoms with Crippen LogP contribution in [0.3, 0.4) is 0 Å². The van der Waals surface area contributed by atoms with Crippen molar-refractivity contribution in [1.29, 1.82) is 0 Å². The van der Waals surface area contributed by atoms with Gasteiger partial charge in [-0.05, 0) is 42.5 Å². The molecule has 1 aliphatic rings. The molecule has 1 aromatic heterocycles. The van der Waals surface area contributed by atoms with Crippen molar-refractivity contribution < 1.29 is 9.53 Å². The highest BCUT2D eigenvalue weighted by Crippen LogP contribution is 2.33. The highest BCUT2D eigenvalue weighted by atomic mass is 79.9. The van der Waals surface area contributed by atoms with Crippen molar-refractivity contribution in [3.63, 3.8) is 0 Å². The van der Waals surface area contributed by atoms with Crippen LogP contribution in [0.25, 0.3) is 0 Å². The maximum atomic E-state index is 12.4. The summed E-state index contributed by atoms with van der Waals surface area (Å²) < 4.78 is 6.89. The highest BCUT2D eigenvalue weighted by molar-refractivity contribution is 9.10. The van der Waals surface area contributed by atoms with Crippen LogP contribution in [0.2, 0.25) is 0 Å². The molecule has 6 heteroatoms. The van der Waals surface area contributed by atoms with Crippen molar-refractivity contribution >= 4 is 27.5 Å². The second-order valence-corrected chi connectivity index (χ2v) is 6.80. The van der Waals surface area contributed by atoms with Crippen LogP contribution in [0, 0.1) is 0 Å². The zero-order valence-electron chi connectivity index (χ0n) is 13.8. The van der Waals surface area contributed by atoms with E-state index in [1.165, 1.54) is 0 Å². The molecular weight excluding hydrogens is 394 g/mol. The third-order valence-electron chi connectivity index (χ3n) is 4.13.